The molecule has 3 heteroatoms. The fourth-order valence-corrected chi connectivity index (χ4v) is 1.33. The summed E-state index contributed by atoms with van der Waals surface area (Å²) >= 11 is 0. The maximum Gasteiger partial charge on any atom is 0.382 e. The number of benzene rings is 1. The lowest BCUT2D eigenvalue weighted by Crippen LogP contribution is -1.89. The average Bonchev–Trinajstić information content (AvgIpc) is 2.26. The van der Waals surface area contributed by atoms with Gasteiger partial charge >= 0.3 is 5.97 Å². The van der Waals surface area contributed by atoms with Crippen LogP contribution in [0, 0.1) is 11.8 Å². The van der Waals surface area contributed by atoms with Crippen LogP contribution in [0.25, 0.3) is 10.8 Å². The van der Waals surface area contributed by atoms with Gasteiger partial charge in [0.25, 0.3) is 0 Å². The number of rotatable bonds is 0. The number of pyridine rings is 1. The first-order valence-corrected chi connectivity index (χ1v) is 4.36. The van der Waals surface area contributed by atoms with Crippen molar-refractivity contribution in [3.05, 3.63) is 42.2 Å². The van der Waals surface area contributed by atoms with Crippen LogP contribution in [0.4, 0.5) is 0 Å². The summed E-state index contributed by atoms with van der Waals surface area (Å²) in [6.07, 6.45) is 1.62. The molecule has 0 bridgehead atoms. The summed E-state index contributed by atoms with van der Waals surface area (Å²) in [7, 11) is 0. The van der Waals surface area contributed by atoms with Crippen molar-refractivity contribution >= 4 is 16.7 Å². The van der Waals surface area contributed by atoms with Crippen LogP contribution in [0.2, 0.25) is 0 Å². The summed E-state index contributed by atoms with van der Waals surface area (Å²) in [5.41, 5.74) is 0.496. The SMILES string of the molecule is O=C(O)C#Cc1nccc2ccccc12. The molecule has 0 fully saturated rings. The Morgan fingerprint density at radius 2 is 2.07 bits per heavy atom. The number of hydrogen-bond acceptors (Lipinski definition) is 2. The van der Waals surface area contributed by atoms with Gasteiger partial charge in [-0.2, -0.15) is 0 Å². The van der Waals surface area contributed by atoms with Crippen LogP contribution in [0.1, 0.15) is 5.69 Å². The second-order valence-electron chi connectivity index (χ2n) is 2.94. The number of fused-ring (bicyclic) bond motifs is 1. The second kappa shape index (κ2) is 3.81. The molecule has 0 aliphatic heterocycles. The Kier molecular flexibility index (Phi) is 2.34. The fourth-order valence-electron chi connectivity index (χ4n) is 1.33. The lowest BCUT2D eigenvalue weighted by molar-refractivity contribution is -0.130. The van der Waals surface area contributed by atoms with Crippen LogP contribution >= 0.6 is 0 Å². The Balaban J connectivity index is 2.63. The fraction of sp³-hybridized carbons (Fsp3) is 0. The van der Waals surface area contributed by atoms with Crippen molar-refractivity contribution in [1.82, 2.24) is 4.98 Å². The molecular formula is C12H7NO2. The predicted octanol–water partition coefficient (Wildman–Crippen LogP) is 1.67. The molecule has 0 aliphatic rings. The van der Waals surface area contributed by atoms with Crippen LogP contribution in [-0.2, 0) is 4.79 Å². The molecule has 0 aliphatic carbocycles. The molecule has 0 spiro atoms. The van der Waals surface area contributed by atoms with Gasteiger partial charge in [0.1, 0.15) is 5.69 Å². The summed E-state index contributed by atoms with van der Waals surface area (Å²) in [6, 6.07) is 9.45. The van der Waals surface area contributed by atoms with Crippen molar-refractivity contribution in [3.63, 3.8) is 0 Å². The van der Waals surface area contributed by atoms with Crippen LogP contribution in [0.3, 0.4) is 0 Å². The van der Waals surface area contributed by atoms with E-state index in [1.165, 1.54) is 0 Å². The molecule has 0 saturated carbocycles. The van der Waals surface area contributed by atoms with Gasteiger partial charge in [0.2, 0.25) is 0 Å². The number of carboxylic acid groups (broad SMARTS) is 1. The Morgan fingerprint density at radius 3 is 2.87 bits per heavy atom. The predicted molar refractivity (Wildman–Crippen MR) is 56.3 cm³/mol. The highest BCUT2D eigenvalue weighted by molar-refractivity contribution is 5.90. The number of nitrogens with zero attached hydrogens (tertiary/aromatic N) is 1. The van der Waals surface area contributed by atoms with Crippen LogP contribution in [0.5, 0.6) is 0 Å². The van der Waals surface area contributed by atoms with Crippen molar-refractivity contribution in [2.75, 3.05) is 0 Å². The standard InChI is InChI=1S/C12H7NO2/c14-12(15)6-5-11-10-4-2-1-3-9(10)7-8-13-11/h1-4,7-8H,(H,14,15). The van der Waals surface area contributed by atoms with Gasteiger partial charge < -0.3 is 5.11 Å². The van der Waals surface area contributed by atoms with Crippen LogP contribution in [0.15, 0.2) is 36.5 Å². The van der Waals surface area contributed by atoms with Crippen LogP contribution < -0.4 is 0 Å². The Labute approximate surface area is 86.4 Å². The first-order chi connectivity index (χ1) is 7.27. The first kappa shape index (κ1) is 9.22. The second-order valence-corrected chi connectivity index (χ2v) is 2.94. The summed E-state index contributed by atoms with van der Waals surface area (Å²) in [5, 5.41) is 10.3. The summed E-state index contributed by atoms with van der Waals surface area (Å²) in [4.78, 5) is 14.3. The summed E-state index contributed by atoms with van der Waals surface area (Å²) < 4.78 is 0. The minimum Gasteiger partial charge on any atom is -0.472 e. The Bertz CT molecular complexity index is 573. The van der Waals surface area contributed by atoms with Gasteiger partial charge in [-0.3, -0.25) is 0 Å². The molecule has 1 aromatic carbocycles. The molecule has 0 radical (unpaired) electrons. The van der Waals surface area contributed by atoms with Gasteiger partial charge in [0.15, 0.2) is 0 Å². The lowest BCUT2D eigenvalue weighted by Gasteiger charge is -1.97. The molecule has 0 amide bonds. The van der Waals surface area contributed by atoms with Gasteiger partial charge in [-0.05, 0) is 17.4 Å². The molecule has 1 aromatic heterocycles. The molecule has 72 valence electrons. The number of aromatic nitrogens is 1. The molecule has 3 nitrogen and oxygen atoms in total. The highest BCUT2D eigenvalue weighted by atomic mass is 16.4. The van der Waals surface area contributed by atoms with Crippen molar-refractivity contribution < 1.29 is 9.90 Å². The van der Waals surface area contributed by atoms with E-state index in [0.717, 1.165) is 10.8 Å². The van der Waals surface area contributed by atoms with Gasteiger partial charge in [0.05, 0.1) is 0 Å². The van der Waals surface area contributed by atoms with E-state index in [4.69, 9.17) is 5.11 Å². The number of carbonyl (C=O) groups is 1. The highest BCUT2D eigenvalue weighted by Crippen LogP contribution is 2.14. The van der Waals surface area contributed by atoms with Gasteiger partial charge in [-0.25, -0.2) is 9.78 Å². The maximum atomic E-state index is 10.3. The Hall–Kier alpha value is -2.34. The van der Waals surface area contributed by atoms with E-state index in [0.29, 0.717) is 5.69 Å². The van der Waals surface area contributed by atoms with E-state index in [1.807, 2.05) is 30.3 Å². The molecule has 15 heavy (non-hydrogen) atoms. The molecule has 2 rings (SSSR count). The van der Waals surface area contributed by atoms with Gasteiger partial charge in [-0.1, -0.05) is 24.3 Å². The third-order valence-corrected chi connectivity index (χ3v) is 1.96. The number of aliphatic carboxylic acids is 1. The van der Waals surface area contributed by atoms with E-state index in [-0.39, 0.29) is 0 Å². The van der Waals surface area contributed by atoms with Gasteiger partial charge in [-0.15, -0.1) is 0 Å². The number of hydrogen-bond donors (Lipinski definition) is 1. The number of carboxylic acids is 1. The average molecular weight is 197 g/mol. The third-order valence-electron chi connectivity index (χ3n) is 1.96. The molecule has 0 saturated heterocycles. The molecule has 1 heterocycles. The van der Waals surface area contributed by atoms with Crippen molar-refractivity contribution in [2.24, 2.45) is 0 Å². The minimum absolute atomic E-state index is 0.496. The summed E-state index contributed by atoms with van der Waals surface area (Å²) in [6.45, 7) is 0. The van der Waals surface area contributed by atoms with E-state index in [1.54, 1.807) is 6.20 Å². The first-order valence-electron chi connectivity index (χ1n) is 4.36. The van der Waals surface area contributed by atoms with Crippen LogP contribution in [-0.4, -0.2) is 16.1 Å². The molecule has 2 aromatic rings. The van der Waals surface area contributed by atoms with E-state index in [2.05, 4.69) is 16.8 Å². The summed E-state index contributed by atoms with van der Waals surface area (Å²) in [5.74, 6) is 3.44. The van der Waals surface area contributed by atoms with Gasteiger partial charge in [0, 0.05) is 17.5 Å². The van der Waals surface area contributed by atoms with Crippen molar-refractivity contribution in [1.29, 1.82) is 0 Å². The zero-order valence-electron chi connectivity index (χ0n) is 7.77. The molecule has 0 unspecified atom stereocenters. The zero-order valence-corrected chi connectivity index (χ0v) is 7.77. The highest BCUT2D eigenvalue weighted by Gasteiger charge is 1.97. The van der Waals surface area contributed by atoms with E-state index < -0.39 is 5.97 Å². The molecular weight excluding hydrogens is 190 g/mol. The largest absolute Gasteiger partial charge is 0.472 e. The topological polar surface area (TPSA) is 50.2 Å². The minimum atomic E-state index is -1.15. The third kappa shape index (κ3) is 1.94. The molecule has 1 N–H and O–H groups in total. The monoisotopic (exact) mass is 197 g/mol. The smallest absolute Gasteiger partial charge is 0.382 e. The Morgan fingerprint density at radius 1 is 1.27 bits per heavy atom. The molecule has 0 atom stereocenters. The van der Waals surface area contributed by atoms with E-state index in [9.17, 15) is 4.79 Å². The quantitative estimate of drug-likeness (QED) is 0.653. The normalized spacial score (nSPS) is 9.33. The lowest BCUT2D eigenvalue weighted by atomic mass is 10.1. The van der Waals surface area contributed by atoms with Crippen molar-refractivity contribution in [2.45, 2.75) is 0 Å². The van der Waals surface area contributed by atoms with Crippen molar-refractivity contribution in [3.8, 4) is 11.8 Å². The zero-order chi connectivity index (χ0) is 10.7. The maximum absolute atomic E-state index is 10.3. The van der Waals surface area contributed by atoms with E-state index >= 15 is 0 Å².